The van der Waals surface area contributed by atoms with E-state index in [2.05, 4.69) is 45.8 Å². The molecule has 1 aromatic carbocycles. The van der Waals surface area contributed by atoms with Crippen molar-refractivity contribution in [1.82, 2.24) is 4.90 Å². The number of aliphatic hydroxyl groups excluding tert-OH is 1. The van der Waals surface area contributed by atoms with Gasteiger partial charge in [0.25, 0.3) is 0 Å². The van der Waals surface area contributed by atoms with Crippen molar-refractivity contribution in [3.8, 4) is 0 Å². The van der Waals surface area contributed by atoms with Crippen LogP contribution >= 0.6 is 15.9 Å². The van der Waals surface area contributed by atoms with Gasteiger partial charge in [0, 0.05) is 41.4 Å². The second kappa shape index (κ2) is 5.59. The first-order valence-corrected chi connectivity index (χ1v) is 7.21. The highest BCUT2D eigenvalue weighted by atomic mass is 79.9. The van der Waals surface area contributed by atoms with Gasteiger partial charge in [-0.2, -0.15) is 0 Å². The van der Waals surface area contributed by atoms with Crippen molar-refractivity contribution >= 4 is 21.6 Å². The van der Waals surface area contributed by atoms with Gasteiger partial charge in [0.2, 0.25) is 0 Å². The van der Waals surface area contributed by atoms with E-state index in [9.17, 15) is 5.11 Å². The number of hydrogen-bond acceptors (Lipinski definition) is 3. The van der Waals surface area contributed by atoms with E-state index in [4.69, 9.17) is 0 Å². The monoisotopic (exact) mass is 312 g/mol. The summed E-state index contributed by atoms with van der Waals surface area (Å²) in [7, 11) is 2.16. The highest BCUT2D eigenvalue weighted by Crippen LogP contribution is 2.31. The Balaban J connectivity index is 2.34. The predicted molar refractivity (Wildman–Crippen MR) is 79.1 cm³/mol. The van der Waals surface area contributed by atoms with Gasteiger partial charge in [0.1, 0.15) is 0 Å². The van der Waals surface area contributed by atoms with Gasteiger partial charge in [-0.05, 0) is 33.0 Å². The summed E-state index contributed by atoms with van der Waals surface area (Å²) >= 11 is 3.53. The number of anilines is 1. The summed E-state index contributed by atoms with van der Waals surface area (Å²) in [5, 5.41) is 9.91. The van der Waals surface area contributed by atoms with Gasteiger partial charge in [-0.1, -0.05) is 22.0 Å². The van der Waals surface area contributed by atoms with Crippen molar-refractivity contribution in [2.75, 3.05) is 31.6 Å². The Morgan fingerprint density at radius 2 is 2.11 bits per heavy atom. The van der Waals surface area contributed by atoms with E-state index in [1.165, 1.54) is 0 Å². The molecular formula is C14H21BrN2O. The zero-order chi connectivity index (χ0) is 13.3. The van der Waals surface area contributed by atoms with Crippen LogP contribution in [0.4, 0.5) is 5.69 Å². The Morgan fingerprint density at radius 1 is 1.39 bits per heavy atom. The summed E-state index contributed by atoms with van der Waals surface area (Å²) in [5.74, 6) is 0. The topological polar surface area (TPSA) is 26.7 Å². The molecule has 0 spiro atoms. The zero-order valence-corrected chi connectivity index (χ0v) is 12.8. The van der Waals surface area contributed by atoms with Crippen molar-refractivity contribution in [3.05, 3.63) is 28.2 Å². The number of piperazine rings is 1. The molecule has 0 bridgehead atoms. The Kier molecular flexibility index (Phi) is 4.30. The van der Waals surface area contributed by atoms with E-state index in [1.54, 1.807) is 0 Å². The van der Waals surface area contributed by atoms with Crippen LogP contribution in [-0.2, 0) is 0 Å². The molecule has 1 N–H and O–H groups in total. The number of aliphatic hydroxyl groups is 1. The molecule has 1 aliphatic heterocycles. The highest BCUT2D eigenvalue weighted by molar-refractivity contribution is 9.10. The first-order chi connectivity index (χ1) is 8.49. The molecular weight excluding hydrogens is 292 g/mol. The van der Waals surface area contributed by atoms with Crippen LogP contribution in [0.5, 0.6) is 0 Å². The van der Waals surface area contributed by atoms with E-state index < -0.39 is 6.10 Å². The van der Waals surface area contributed by atoms with Crippen molar-refractivity contribution in [1.29, 1.82) is 0 Å². The third-order valence-corrected chi connectivity index (χ3v) is 4.08. The molecule has 1 heterocycles. The fourth-order valence-electron chi connectivity index (χ4n) is 2.62. The minimum atomic E-state index is -0.431. The average molecular weight is 313 g/mol. The van der Waals surface area contributed by atoms with Gasteiger partial charge >= 0.3 is 0 Å². The average Bonchev–Trinajstić information content (AvgIpc) is 2.28. The molecule has 0 radical (unpaired) electrons. The molecule has 3 nitrogen and oxygen atoms in total. The third-order valence-electron chi connectivity index (χ3n) is 3.58. The lowest BCUT2D eigenvalue weighted by Gasteiger charge is -2.41. The van der Waals surface area contributed by atoms with Crippen LogP contribution < -0.4 is 4.90 Å². The number of hydrogen-bond donors (Lipinski definition) is 1. The Bertz CT molecular complexity index is 422. The summed E-state index contributed by atoms with van der Waals surface area (Å²) in [6, 6.07) is 6.58. The summed E-state index contributed by atoms with van der Waals surface area (Å²) in [6.45, 7) is 7.20. The lowest BCUT2D eigenvalue weighted by molar-refractivity contribution is 0.198. The molecule has 1 saturated heterocycles. The van der Waals surface area contributed by atoms with Crippen LogP contribution in [0.3, 0.4) is 0 Å². The number of halogens is 1. The molecule has 2 atom stereocenters. The molecule has 0 saturated carbocycles. The molecule has 1 aliphatic rings. The van der Waals surface area contributed by atoms with Crippen LogP contribution in [0.1, 0.15) is 25.5 Å². The smallest absolute Gasteiger partial charge is 0.0782 e. The lowest BCUT2D eigenvalue weighted by atomic mass is 10.0. The van der Waals surface area contributed by atoms with E-state index in [1.807, 2.05) is 19.1 Å². The lowest BCUT2D eigenvalue weighted by Crippen LogP contribution is -2.50. The van der Waals surface area contributed by atoms with Crippen molar-refractivity contribution in [2.45, 2.75) is 26.0 Å². The maximum Gasteiger partial charge on any atom is 0.0782 e. The molecule has 1 fully saturated rings. The van der Waals surface area contributed by atoms with Gasteiger partial charge in [0.15, 0.2) is 0 Å². The summed E-state index contributed by atoms with van der Waals surface area (Å²) in [6.07, 6.45) is -0.431. The Morgan fingerprint density at radius 3 is 2.72 bits per heavy atom. The number of likely N-dealkylation sites (N-methyl/N-ethyl adjacent to an activating group) is 1. The maximum atomic E-state index is 9.91. The van der Waals surface area contributed by atoms with Gasteiger partial charge in [-0.25, -0.2) is 0 Å². The molecule has 18 heavy (non-hydrogen) atoms. The molecule has 1 aromatic rings. The normalized spacial score (nSPS) is 23.2. The van der Waals surface area contributed by atoms with Gasteiger partial charge < -0.3 is 14.9 Å². The maximum absolute atomic E-state index is 9.91. The Hall–Kier alpha value is -0.580. The van der Waals surface area contributed by atoms with E-state index in [-0.39, 0.29) is 0 Å². The van der Waals surface area contributed by atoms with Crippen LogP contribution in [0.15, 0.2) is 22.7 Å². The summed E-state index contributed by atoms with van der Waals surface area (Å²) in [5.41, 5.74) is 2.16. The minimum absolute atomic E-state index is 0.431. The van der Waals surface area contributed by atoms with Crippen LogP contribution in [0, 0.1) is 0 Å². The highest BCUT2D eigenvalue weighted by Gasteiger charge is 2.24. The van der Waals surface area contributed by atoms with Crippen molar-refractivity contribution in [3.63, 3.8) is 0 Å². The molecule has 0 aliphatic carbocycles. The second-order valence-electron chi connectivity index (χ2n) is 5.18. The first kappa shape index (κ1) is 13.8. The summed E-state index contributed by atoms with van der Waals surface area (Å²) < 4.78 is 1.06. The molecule has 100 valence electrons. The molecule has 2 rings (SSSR count). The first-order valence-electron chi connectivity index (χ1n) is 6.41. The fraction of sp³-hybridized carbons (Fsp3) is 0.571. The zero-order valence-electron chi connectivity index (χ0n) is 11.2. The molecule has 4 heteroatoms. The quantitative estimate of drug-likeness (QED) is 0.909. The van der Waals surface area contributed by atoms with E-state index in [0.717, 1.165) is 35.4 Å². The standard InChI is InChI=1S/C14H21BrN2O/c1-10-9-16(3)6-7-17(10)14-8-12(15)4-5-13(14)11(2)18/h4-5,8,10-11,18H,6-7,9H2,1-3H3. The Labute approximate surface area is 118 Å². The van der Waals surface area contributed by atoms with Crippen molar-refractivity contribution < 1.29 is 5.11 Å². The largest absolute Gasteiger partial charge is 0.389 e. The minimum Gasteiger partial charge on any atom is -0.389 e. The van der Waals surface area contributed by atoms with Crippen LogP contribution in [0.25, 0.3) is 0 Å². The van der Waals surface area contributed by atoms with Gasteiger partial charge in [-0.3, -0.25) is 0 Å². The van der Waals surface area contributed by atoms with E-state index in [0.29, 0.717) is 6.04 Å². The van der Waals surface area contributed by atoms with Gasteiger partial charge in [0.05, 0.1) is 6.10 Å². The number of nitrogens with zero attached hydrogens (tertiary/aromatic N) is 2. The van der Waals surface area contributed by atoms with E-state index >= 15 is 0 Å². The van der Waals surface area contributed by atoms with Crippen LogP contribution in [0.2, 0.25) is 0 Å². The van der Waals surface area contributed by atoms with Crippen molar-refractivity contribution in [2.24, 2.45) is 0 Å². The summed E-state index contributed by atoms with van der Waals surface area (Å²) in [4.78, 5) is 4.74. The van der Waals surface area contributed by atoms with Gasteiger partial charge in [-0.15, -0.1) is 0 Å². The predicted octanol–water partition coefficient (Wildman–Crippen LogP) is 2.64. The van der Waals surface area contributed by atoms with Crippen LogP contribution in [-0.4, -0.2) is 42.7 Å². The molecule has 0 aromatic heterocycles. The SMILES string of the molecule is CC(O)c1ccc(Br)cc1N1CCN(C)CC1C. The number of benzene rings is 1. The molecule has 2 unspecified atom stereocenters. The third kappa shape index (κ3) is 2.87. The second-order valence-corrected chi connectivity index (χ2v) is 6.10. The molecule has 0 amide bonds. The number of rotatable bonds is 2. The fourth-order valence-corrected chi connectivity index (χ4v) is 2.97.